The van der Waals surface area contributed by atoms with Gasteiger partial charge in [0.2, 0.25) is 0 Å². The van der Waals surface area contributed by atoms with Crippen molar-refractivity contribution in [3.8, 4) is 0 Å². The van der Waals surface area contributed by atoms with Crippen LogP contribution in [0.25, 0.3) is 0 Å². The maximum absolute atomic E-state index is 13.1. The largest absolute Gasteiger partial charge is 0.351 e. The first-order valence-corrected chi connectivity index (χ1v) is 7.35. The molecule has 0 aromatic heterocycles. The molecule has 1 amide bonds. The van der Waals surface area contributed by atoms with E-state index in [0.29, 0.717) is 18.0 Å². The number of hydrogen-bond acceptors (Lipinski definition) is 1. The molecule has 0 radical (unpaired) electrons. The van der Waals surface area contributed by atoms with Crippen LogP contribution in [0.4, 0.5) is 4.39 Å². The van der Waals surface area contributed by atoms with Crippen molar-refractivity contribution in [1.82, 2.24) is 5.32 Å². The van der Waals surface area contributed by atoms with Crippen LogP contribution in [0.1, 0.15) is 40.2 Å². The summed E-state index contributed by atoms with van der Waals surface area (Å²) in [5.41, 5.74) is 3.09. The highest BCUT2D eigenvalue weighted by molar-refractivity contribution is 5.94. The predicted molar refractivity (Wildman–Crippen MR) is 80.9 cm³/mol. The fourth-order valence-corrected chi connectivity index (χ4v) is 3.01. The molecule has 2 aromatic rings. The minimum atomic E-state index is -0.384. The van der Waals surface area contributed by atoms with Crippen LogP contribution in [0, 0.1) is 5.82 Å². The van der Waals surface area contributed by atoms with Gasteiger partial charge < -0.3 is 5.32 Å². The van der Waals surface area contributed by atoms with Crippen LogP contribution in [0.2, 0.25) is 0 Å². The minimum absolute atomic E-state index is 0.211. The van der Waals surface area contributed by atoms with E-state index in [1.165, 1.54) is 23.3 Å². The average Bonchev–Trinajstić information content (AvgIpc) is 2.52. The van der Waals surface area contributed by atoms with Gasteiger partial charge in [-0.05, 0) is 48.6 Å². The van der Waals surface area contributed by atoms with E-state index in [0.717, 1.165) is 19.3 Å². The first kappa shape index (κ1) is 13.8. The van der Waals surface area contributed by atoms with E-state index in [4.69, 9.17) is 0 Å². The topological polar surface area (TPSA) is 29.1 Å². The number of carbonyl (C=O) groups excluding carboxylic acids is 1. The molecular formula is C18H18FNO. The maximum Gasteiger partial charge on any atom is 0.251 e. The number of amides is 1. The second-order valence-electron chi connectivity index (χ2n) is 5.51. The number of fused-ring (bicyclic) bond motifs is 1. The summed E-state index contributed by atoms with van der Waals surface area (Å²) in [5, 5.41) is 2.93. The Balaban J connectivity index is 1.67. The monoisotopic (exact) mass is 283 g/mol. The molecule has 1 unspecified atom stereocenters. The van der Waals surface area contributed by atoms with Gasteiger partial charge in [-0.15, -0.1) is 0 Å². The third kappa shape index (κ3) is 3.13. The Hall–Kier alpha value is -2.16. The minimum Gasteiger partial charge on any atom is -0.351 e. The van der Waals surface area contributed by atoms with Crippen molar-refractivity contribution < 1.29 is 9.18 Å². The van der Waals surface area contributed by atoms with Crippen molar-refractivity contribution in [3.05, 3.63) is 71.0 Å². The number of carbonyl (C=O) groups is 1. The molecule has 1 atom stereocenters. The first-order valence-electron chi connectivity index (χ1n) is 7.35. The predicted octanol–water partition coefficient (Wildman–Crippen LogP) is 3.68. The molecule has 0 bridgehead atoms. The lowest BCUT2D eigenvalue weighted by Gasteiger charge is -2.25. The van der Waals surface area contributed by atoms with Gasteiger partial charge in [0.1, 0.15) is 5.82 Å². The fourth-order valence-electron chi connectivity index (χ4n) is 3.01. The summed E-state index contributed by atoms with van der Waals surface area (Å²) < 4.78 is 13.1. The quantitative estimate of drug-likeness (QED) is 0.914. The second-order valence-corrected chi connectivity index (χ2v) is 5.51. The van der Waals surface area contributed by atoms with E-state index in [2.05, 4.69) is 23.5 Å². The molecule has 0 aliphatic heterocycles. The summed E-state index contributed by atoms with van der Waals surface area (Å²) in [6.07, 6.45) is 3.35. The van der Waals surface area contributed by atoms with Crippen LogP contribution in [0.5, 0.6) is 0 Å². The van der Waals surface area contributed by atoms with Gasteiger partial charge in [-0.25, -0.2) is 4.39 Å². The third-order valence-electron chi connectivity index (χ3n) is 4.09. The Morgan fingerprint density at radius 3 is 2.90 bits per heavy atom. The first-order chi connectivity index (χ1) is 10.2. The van der Waals surface area contributed by atoms with Gasteiger partial charge in [-0.2, -0.15) is 0 Å². The molecule has 21 heavy (non-hydrogen) atoms. The van der Waals surface area contributed by atoms with E-state index in [1.807, 2.05) is 6.07 Å². The Bertz CT molecular complexity index is 653. The smallest absolute Gasteiger partial charge is 0.251 e. The summed E-state index contributed by atoms with van der Waals surface area (Å²) in [7, 11) is 0. The highest BCUT2D eigenvalue weighted by Gasteiger charge is 2.20. The van der Waals surface area contributed by atoms with Crippen molar-refractivity contribution >= 4 is 5.91 Å². The average molecular weight is 283 g/mol. The zero-order valence-corrected chi connectivity index (χ0v) is 11.8. The van der Waals surface area contributed by atoms with Crippen LogP contribution in [-0.4, -0.2) is 12.5 Å². The number of hydrogen-bond donors (Lipinski definition) is 1. The van der Waals surface area contributed by atoms with Gasteiger partial charge >= 0.3 is 0 Å². The highest BCUT2D eigenvalue weighted by Crippen LogP contribution is 2.30. The molecule has 0 spiro atoms. The SMILES string of the molecule is O=C(NCC1CCCc2ccccc21)c1cccc(F)c1. The fraction of sp³-hybridized carbons (Fsp3) is 0.278. The molecule has 1 aliphatic carbocycles. The van der Waals surface area contributed by atoms with Crippen LogP contribution in [0.15, 0.2) is 48.5 Å². The Morgan fingerprint density at radius 2 is 2.05 bits per heavy atom. The van der Waals surface area contributed by atoms with E-state index in [-0.39, 0.29) is 11.7 Å². The lowest BCUT2D eigenvalue weighted by Crippen LogP contribution is -2.30. The van der Waals surface area contributed by atoms with E-state index in [9.17, 15) is 9.18 Å². The van der Waals surface area contributed by atoms with Gasteiger partial charge in [0.15, 0.2) is 0 Å². The summed E-state index contributed by atoms with van der Waals surface area (Å²) in [6, 6.07) is 14.2. The van der Waals surface area contributed by atoms with Crippen LogP contribution in [-0.2, 0) is 6.42 Å². The van der Waals surface area contributed by atoms with Crippen LogP contribution < -0.4 is 5.32 Å². The zero-order chi connectivity index (χ0) is 14.7. The zero-order valence-electron chi connectivity index (χ0n) is 11.8. The molecule has 1 aliphatic rings. The third-order valence-corrected chi connectivity index (χ3v) is 4.09. The van der Waals surface area contributed by atoms with Crippen LogP contribution >= 0.6 is 0 Å². The van der Waals surface area contributed by atoms with Crippen molar-refractivity contribution in [2.24, 2.45) is 0 Å². The molecule has 0 saturated carbocycles. The van der Waals surface area contributed by atoms with Gasteiger partial charge in [0.05, 0.1) is 0 Å². The van der Waals surface area contributed by atoms with Gasteiger partial charge in [-0.1, -0.05) is 30.3 Å². The van der Waals surface area contributed by atoms with Crippen molar-refractivity contribution in [2.45, 2.75) is 25.2 Å². The van der Waals surface area contributed by atoms with Gasteiger partial charge in [-0.3, -0.25) is 4.79 Å². The molecule has 3 rings (SSSR count). The number of rotatable bonds is 3. The number of halogens is 1. The standard InChI is InChI=1S/C18H18FNO/c19-16-9-4-7-14(11-16)18(21)20-12-15-8-3-6-13-5-1-2-10-17(13)15/h1-2,4-5,7,9-11,15H,3,6,8,12H2,(H,20,21). The van der Waals surface area contributed by atoms with E-state index in [1.54, 1.807) is 12.1 Å². The normalized spacial score (nSPS) is 17.1. The molecule has 2 aromatic carbocycles. The summed E-state index contributed by atoms with van der Waals surface area (Å²) in [4.78, 5) is 12.1. The highest BCUT2D eigenvalue weighted by atomic mass is 19.1. The van der Waals surface area contributed by atoms with E-state index < -0.39 is 0 Å². The summed E-state index contributed by atoms with van der Waals surface area (Å²) in [6.45, 7) is 0.604. The maximum atomic E-state index is 13.1. The second kappa shape index (κ2) is 6.08. The van der Waals surface area contributed by atoms with Crippen molar-refractivity contribution in [3.63, 3.8) is 0 Å². The van der Waals surface area contributed by atoms with Crippen molar-refractivity contribution in [1.29, 1.82) is 0 Å². The van der Waals surface area contributed by atoms with E-state index >= 15 is 0 Å². The molecule has 0 fully saturated rings. The Morgan fingerprint density at radius 1 is 1.19 bits per heavy atom. The molecule has 3 heteroatoms. The number of aryl methyl sites for hydroxylation is 1. The molecule has 1 N–H and O–H groups in total. The van der Waals surface area contributed by atoms with Crippen LogP contribution in [0.3, 0.4) is 0 Å². The van der Waals surface area contributed by atoms with Gasteiger partial charge in [0.25, 0.3) is 5.91 Å². The Labute approximate surface area is 124 Å². The van der Waals surface area contributed by atoms with Crippen molar-refractivity contribution in [2.75, 3.05) is 6.54 Å². The Kier molecular flexibility index (Phi) is 4.00. The van der Waals surface area contributed by atoms with Gasteiger partial charge in [0, 0.05) is 18.0 Å². The molecule has 108 valence electrons. The molecule has 0 heterocycles. The number of benzene rings is 2. The lowest BCUT2D eigenvalue weighted by atomic mass is 9.83. The lowest BCUT2D eigenvalue weighted by molar-refractivity contribution is 0.0950. The molecule has 0 saturated heterocycles. The number of nitrogens with one attached hydrogen (secondary N) is 1. The molecular weight excluding hydrogens is 265 g/mol. The summed E-state index contributed by atoms with van der Waals surface area (Å²) >= 11 is 0. The molecule has 2 nitrogen and oxygen atoms in total. The summed E-state index contributed by atoms with van der Waals surface area (Å²) in [5.74, 6) is -0.240.